The van der Waals surface area contributed by atoms with Crippen molar-refractivity contribution in [1.82, 2.24) is 4.90 Å². The van der Waals surface area contributed by atoms with Crippen molar-refractivity contribution in [2.45, 2.75) is 32.7 Å². The lowest BCUT2D eigenvalue weighted by Gasteiger charge is -2.35. The van der Waals surface area contributed by atoms with Crippen molar-refractivity contribution in [3.63, 3.8) is 0 Å². The molecule has 0 radical (unpaired) electrons. The lowest BCUT2D eigenvalue weighted by atomic mass is 9.86. The highest BCUT2D eigenvalue weighted by Crippen LogP contribution is 2.25. The molecule has 2 rings (SSSR count). The summed E-state index contributed by atoms with van der Waals surface area (Å²) >= 11 is 0. The fraction of sp³-hybridized carbons (Fsp3) is 1.00. The van der Waals surface area contributed by atoms with E-state index in [1.165, 1.54) is 25.9 Å². The van der Waals surface area contributed by atoms with Crippen LogP contribution in [-0.4, -0.2) is 43.8 Å². The third kappa shape index (κ3) is 2.96. The van der Waals surface area contributed by atoms with Gasteiger partial charge in [-0.15, -0.1) is 0 Å². The molecule has 2 atom stereocenters. The molecular formula is C13H26N2O. The van der Waals surface area contributed by atoms with Gasteiger partial charge in [0.15, 0.2) is 0 Å². The van der Waals surface area contributed by atoms with Gasteiger partial charge in [-0.1, -0.05) is 13.8 Å². The second kappa shape index (κ2) is 5.48. The number of ether oxygens (including phenoxy) is 1. The largest absolute Gasteiger partial charge is 0.379 e. The highest BCUT2D eigenvalue weighted by atomic mass is 16.5. The zero-order valence-corrected chi connectivity index (χ0v) is 10.7. The van der Waals surface area contributed by atoms with E-state index < -0.39 is 0 Å². The first-order valence-electron chi connectivity index (χ1n) is 6.72. The average molecular weight is 226 g/mol. The highest BCUT2D eigenvalue weighted by Gasteiger charge is 2.29. The number of nitrogens with zero attached hydrogens (tertiary/aromatic N) is 1. The zero-order chi connectivity index (χ0) is 11.5. The normalized spacial score (nSPS) is 33.8. The number of hydrogen-bond acceptors (Lipinski definition) is 3. The molecule has 2 N–H and O–H groups in total. The Morgan fingerprint density at radius 1 is 1.25 bits per heavy atom. The van der Waals surface area contributed by atoms with Crippen molar-refractivity contribution in [2.24, 2.45) is 23.5 Å². The summed E-state index contributed by atoms with van der Waals surface area (Å²) in [6.45, 7) is 9.98. The molecule has 2 aliphatic heterocycles. The van der Waals surface area contributed by atoms with E-state index in [9.17, 15) is 0 Å². The molecule has 2 saturated heterocycles. The van der Waals surface area contributed by atoms with Crippen LogP contribution in [0.25, 0.3) is 0 Å². The van der Waals surface area contributed by atoms with E-state index in [4.69, 9.17) is 10.5 Å². The average Bonchev–Trinajstić information content (AvgIpc) is 2.65. The summed E-state index contributed by atoms with van der Waals surface area (Å²) in [6.07, 6.45) is 2.72. The van der Waals surface area contributed by atoms with Crippen molar-refractivity contribution in [3.8, 4) is 0 Å². The van der Waals surface area contributed by atoms with Crippen LogP contribution >= 0.6 is 0 Å². The first kappa shape index (κ1) is 12.3. The second-order valence-corrected chi connectivity index (χ2v) is 5.84. The maximum Gasteiger partial charge on any atom is 0.0621 e. The van der Waals surface area contributed by atoms with Crippen LogP contribution in [-0.2, 0) is 4.74 Å². The Kier molecular flexibility index (Phi) is 4.22. The van der Waals surface area contributed by atoms with Crippen LogP contribution in [0.3, 0.4) is 0 Å². The van der Waals surface area contributed by atoms with Crippen molar-refractivity contribution < 1.29 is 4.74 Å². The molecular weight excluding hydrogens is 200 g/mol. The molecule has 2 aliphatic rings. The molecule has 3 nitrogen and oxygen atoms in total. The standard InChI is InChI=1S/C13H26N2O/c1-10(2)11-3-5-15(6-4-11)7-12-8-16-9-13(12)14/h10-13H,3-9,14H2,1-2H3. The predicted octanol–water partition coefficient (Wildman–Crippen LogP) is 1.33. The molecule has 0 bridgehead atoms. The first-order valence-corrected chi connectivity index (χ1v) is 6.72. The summed E-state index contributed by atoms with van der Waals surface area (Å²) in [5.41, 5.74) is 6.02. The van der Waals surface area contributed by atoms with Crippen LogP contribution in [0.15, 0.2) is 0 Å². The lowest BCUT2D eigenvalue weighted by Crippen LogP contribution is -2.42. The number of hydrogen-bond donors (Lipinski definition) is 1. The van der Waals surface area contributed by atoms with Gasteiger partial charge in [0.1, 0.15) is 0 Å². The first-order chi connectivity index (χ1) is 7.66. The van der Waals surface area contributed by atoms with Crippen LogP contribution in [0.1, 0.15) is 26.7 Å². The van der Waals surface area contributed by atoms with Gasteiger partial charge in [-0.05, 0) is 37.8 Å². The topological polar surface area (TPSA) is 38.5 Å². The zero-order valence-electron chi connectivity index (χ0n) is 10.7. The minimum Gasteiger partial charge on any atom is -0.379 e. The molecule has 0 spiro atoms. The van der Waals surface area contributed by atoms with Crippen LogP contribution in [0.5, 0.6) is 0 Å². The molecule has 0 saturated carbocycles. The molecule has 16 heavy (non-hydrogen) atoms. The predicted molar refractivity (Wildman–Crippen MR) is 66.3 cm³/mol. The van der Waals surface area contributed by atoms with E-state index >= 15 is 0 Å². The Morgan fingerprint density at radius 2 is 1.94 bits per heavy atom. The maximum atomic E-state index is 6.02. The molecule has 0 aromatic carbocycles. The van der Waals surface area contributed by atoms with Crippen LogP contribution in [0, 0.1) is 17.8 Å². The molecule has 2 fully saturated rings. The van der Waals surface area contributed by atoms with Crippen molar-refractivity contribution in [3.05, 3.63) is 0 Å². The summed E-state index contributed by atoms with van der Waals surface area (Å²) in [4.78, 5) is 2.58. The minimum absolute atomic E-state index is 0.267. The van der Waals surface area contributed by atoms with Gasteiger partial charge < -0.3 is 15.4 Å². The Morgan fingerprint density at radius 3 is 2.44 bits per heavy atom. The van der Waals surface area contributed by atoms with Gasteiger partial charge in [-0.2, -0.15) is 0 Å². The molecule has 0 aliphatic carbocycles. The van der Waals surface area contributed by atoms with Gasteiger partial charge in [0.05, 0.1) is 13.2 Å². The Bertz CT molecular complexity index is 212. The quantitative estimate of drug-likeness (QED) is 0.789. The number of piperidine rings is 1. The molecule has 2 unspecified atom stereocenters. The molecule has 0 aromatic heterocycles. The number of nitrogens with two attached hydrogens (primary N) is 1. The van der Waals surface area contributed by atoms with E-state index in [0.717, 1.165) is 31.6 Å². The van der Waals surface area contributed by atoms with Gasteiger partial charge in [0, 0.05) is 18.5 Å². The van der Waals surface area contributed by atoms with Crippen LogP contribution < -0.4 is 5.73 Å². The summed E-state index contributed by atoms with van der Waals surface area (Å²) in [5.74, 6) is 2.35. The molecule has 3 heteroatoms. The third-order valence-electron chi connectivity index (χ3n) is 4.32. The molecule has 2 heterocycles. The van der Waals surface area contributed by atoms with Gasteiger partial charge in [-0.25, -0.2) is 0 Å². The van der Waals surface area contributed by atoms with Crippen LogP contribution in [0.2, 0.25) is 0 Å². The van der Waals surface area contributed by atoms with Crippen molar-refractivity contribution in [1.29, 1.82) is 0 Å². The third-order valence-corrected chi connectivity index (χ3v) is 4.32. The van der Waals surface area contributed by atoms with E-state index in [1.807, 2.05) is 0 Å². The summed E-state index contributed by atoms with van der Waals surface area (Å²) in [7, 11) is 0. The van der Waals surface area contributed by atoms with Crippen LogP contribution in [0.4, 0.5) is 0 Å². The number of likely N-dealkylation sites (tertiary alicyclic amines) is 1. The Balaban J connectivity index is 1.72. The van der Waals surface area contributed by atoms with Crippen molar-refractivity contribution >= 4 is 0 Å². The van der Waals surface area contributed by atoms with Gasteiger partial charge in [0.25, 0.3) is 0 Å². The number of rotatable bonds is 3. The lowest BCUT2D eigenvalue weighted by molar-refractivity contribution is 0.126. The SMILES string of the molecule is CC(C)C1CCN(CC2COCC2N)CC1. The maximum absolute atomic E-state index is 6.02. The molecule has 94 valence electrons. The van der Waals surface area contributed by atoms with Gasteiger partial charge in [-0.3, -0.25) is 0 Å². The summed E-state index contributed by atoms with van der Waals surface area (Å²) in [6, 6.07) is 0.267. The van der Waals surface area contributed by atoms with Gasteiger partial charge >= 0.3 is 0 Å². The van der Waals surface area contributed by atoms with E-state index in [-0.39, 0.29) is 6.04 Å². The van der Waals surface area contributed by atoms with E-state index in [2.05, 4.69) is 18.7 Å². The van der Waals surface area contributed by atoms with E-state index in [1.54, 1.807) is 0 Å². The summed E-state index contributed by atoms with van der Waals surface area (Å²) < 4.78 is 5.42. The van der Waals surface area contributed by atoms with Gasteiger partial charge in [0.2, 0.25) is 0 Å². The Hall–Kier alpha value is -0.120. The monoisotopic (exact) mass is 226 g/mol. The van der Waals surface area contributed by atoms with E-state index in [0.29, 0.717) is 5.92 Å². The summed E-state index contributed by atoms with van der Waals surface area (Å²) in [5, 5.41) is 0. The smallest absolute Gasteiger partial charge is 0.0621 e. The fourth-order valence-electron chi connectivity index (χ4n) is 2.94. The van der Waals surface area contributed by atoms with Crippen molar-refractivity contribution in [2.75, 3.05) is 32.8 Å². The second-order valence-electron chi connectivity index (χ2n) is 5.84. The molecule has 0 amide bonds. The highest BCUT2D eigenvalue weighted by molar-refractivity contribution is 4.83. The fourth-order valence-corrected chi connectivity index (χ4v) is 2.94. The molecule has 0 aromatic rings. The minimum atomic E-state index is 0.267. The Labute approximate surface area is 99.3 Å².